The Kier molecular flexibility index (Phi) is 6.08. The van der Waals surface area contributed by atoms with Crippen LogP contribution in [0.4, 0.5) is 11.4 Å². The Bertz CT molecular complexity index is 639. The molecule has 126 valence electrons. The van der Waals surface area contributed by atoms with Crippen molar-refractivity contribution < 1.29 is 24.0 Å². The molecule has 23 heavy (non-hydrogen) atoms. The molecule has 0 radical (unpaired) electrons. The van der Waals surface area contributed by atoms with Crippen LogP contribution in [0.5, 0.6) is 0 Å². The van der Waals surface area contributed by atoms with E-state index in [9.17, 15) is 19.7 Å². The first-order valence-corrected chi connectivity index (χ1v) is 7.37. The van der Waals surface area contributed by atoms with Gasteiger partial charge in [0.25, 0.3) is 0 Å². The van der Waals surface area contributed by atoms with Crippen LogP contribution in [-0.2, 0) is 14.3 Å². The van der Waals surface area contributed by atoms with E-state index in [2.05, 4.69) is 26.0 Å². The summed E-state index contributed by atoms with van der Waals surface area (Å²) in [5.74, 6) is -1.42. The monoisotopic (exact) mass is 388 g/mol. The van der Waals surface area contributed by atoms with Crippen LogP contribution in [0.3, 0.4) is 0 Å². The molecule has 0 spiro atoms. The minimum Gasteiger partial charge on any atom is -0.465 e. The Morgan fingerprint density at radius 3 is 2.43 bits per heavy atom. The molecule has 0 fully saturated rings. The Morgan fingerprint density at radius 1 is 1.35 bits per heavy atom. The van der Waals surface area contributed by atoms with Gasteiger partial charge in [-0.2, -0.15) is 0 Å². The molecule has 0 amide bonds. The Balaban J connectivity index is 3.13. The largest absolute Gasteiger partial charge is 0.465 e. The van der Waals surface area contributed by atoms with E-state index in [4.69, 9.17) is 4.74 Å². The molecular formula is C14H17BrN2O6. The number of hydrogen-bond acceptors (Lipinski definition) is 7. The minimum absolute atomic E-state index is 0.00348. The quantitative estimate of drug-likeness (QED) is 0.469. The minimum atomic E-state index is -0.843. The molecule has 0 bridgehead atoms. The van der Waals surface area contributed by atoms with Gasteiger partial charge in [0.1, 0.15) is 23.4 Å². The number of hydrogen-bond donors (Lipinski definition) is 1. The number of methoxy groups -OCH3 is 1. The average Bonchev–Trinajstić information content (AvgIpc) is 2.42. The fourth-order valence-corrected chi connectivity index (χ4v) is 2.20. The molecule has 0 aliphatic carbocycles. The molecule has 1 aromatic rings. The van der Waals surface area contributed by atoms with E-state index in [0.717, 1.165) is 7.11 Å². The molecule has 0 unspecified atom stereocenters. The summed E-state index contributed by atoms with van der Waals surface area (Å²) in [7, 11) is 1.13. The maximum Gasteiger partial charge on any atom is 0.344 e. The van der Waals surface area contributed by atoms with Gasteiger partial charge in [-0.05, 0) is 48.8 Å². The lowest BCUT2D eigenvalue weighted by Gasteiger charge is -2.20. The Morgan fingerprint density at radius 2 is 1.96 bits per heavy atom. The van der Waals surface area contributed by atoms with Gasteiger partial charge in [-0.1, -0.05) is 0 Å². The van der Waals surface area contributed by atoms with Crippen molar-refractivity contribution in [1.82, 2.24) is 0 Å². The molecule has 0 atom stereocenters. The summed E-state index contributed by atoms with van der Waals surface area (Å²) < 4.78 is 9.99. The summed E-state index contributed by atoms with van der Waals surface area (Å²) in [6, 6.07) is 2.73. The van der Waals surface area contributed by atoms with E-state index in [0.29, 0.717) is 4.47 Å². The highest BCUT2D eigenvalue weighted by atomic mass is 79.9. The van der Waals surface area contributed by atoms with Crippen LogP contribution in [0.25, 0.3) is 0 Å². The van der Waals surface area contributed by atoms with Gasteiger partial charge in [0.15, 0.2) is 0 Å². The number of esters is 2. The Labute approximate surface area is 141 Å². The van der Waals surface area contributed by atoms with Gasteiger partial charge in [-0.25, -0.2) is 4.79 Å². The van der Waals surface area contributed by atoms with Crippen LogP contribution < -0.4 is 5.32 Å². The fraction of sp³-hybridized carbons (Fsp3) is 0.429. The van der Waals surface area contributed by atoms with Crippen molar-refractivity contribution in [2.24, 2.45) is 0 Å². The van der Waals surface area contributed by atoms with Gasteiger partial charge < -0.3 is 14.8 Å². The van der Waals surface area contributed by atoms with Crippen molar-refractivity contribution >= 4 is 39.2 Å². The predicted octanol–water partition coefficient (Wildman–Crippen LogP) is 2.90. The first-order valence-electron chi connectivity index (χ1n) is 6.57. The number of halogens is 1. The summed E-state index contributed by atoms with van der Waals surface area (Å²) in [6.45, 7) is 4.84. The summed E-state index contributed by atoms with van der Waals surface area (Å²) in [5.41, 5.74) is -1.36. The highest BCUT2D eigenvalue weighted by Gasteiger charge is 2.28. The summed E-state index contributed by atoms with van der Waals surface area (Å²) >= 11 is 3.16. The van der Waals surface area contributed by atoms with E-state index in [1.165, 1.54) is 12.1 Å². The van der Waals surface area contributed by atoms with E-state index < -0.39 is 28.2 Å². The van der Waals surface area contributed by atoms with Crippen molar-refractivity contribution in [2.45, 2.75) is 26.4 Å². The van der Waals surface area contributed by atoms with Crippen molar-refractivity contribution in [2.75, 3.05) is 19.0 Å². The Hall–Kier alpha value is -2.16. The molecule has 1 rings (SSSR count). The molecule has 9 heteroatoms. The van der Waals surface area contributed by atoms with E-state index in [-0.39, 0.29) is 17.8 Å². The predicted molar refractivity (Wildman–Crippen MR) is 86.5 cm³/mol. The number of benzene rings is 1. The zero-order valence-electron chi connectivity index (χ0n) is 13.1. The van der Waals surface area contributed by atoms with Gasteiger partial charge in [-0.15, -0.1) is 0 Å². The third-order valence-electron chi connectivity index (χ3n) is 2.54. The van der Waals surface area contributed by atoms with Crippen molar-refractivity contribution in [1.29, 1.82) is 0 Å². The number of nitrogens with one attached hydrogen (secondary N) is 1. The number of nitro groups is 1. The van der Waals surface area contributed by atoms with Gasteiger partial charge in [0.05, 0.1) is 12.0 Å². The molecule has 0 aromatic heterocycles. The second-order valence-corrected chi connectivity index (χ2v) is 6.36. The fourth-order valence-electron chi connectivity index (χ4n) is 1.74. The second kappa shape index (κ2) is 7.40. The van der Waals surface area contributed by atoms with Crippen LogP contribution in [0.15, 0.2) is 16.6 Å². The van der Waals surface area contributed by atoms with Crippen LogP contribution in [0.2, 0.25) is 0 Å². The van der Waals surface area contributed by atoms with E-state index in [1.54, 1.807) is 20.8 Å². The molecule has 1 aromatic carbocycles. The van der Waals surface area contributed by atoms with Gasteiger partial charge in [0, 0.05) is 4.47 Å². The van der Waals surface area contributed by atoms with Crippen molar-refractivity contribution in [3.63, 3.8) is 0 Å². The summed E-state index contributed by atoms with van der Waals surface area (Å²) in [6.07, 6.45) is 0. The SMILES string of the molecule is COC(=O)c1ccc(Br)c(NCC(=O)OC(C)(C)C)c1[N+](=O)[O-]. The summed E-state index contributed by atoms with van der Waals surface area (Å²) in [5, 5.41) is 13.9. The molecule has 8 nitrogen and oxygen atoms in total. The maximum absolute atomic E-state index is 11.7. The zero-order chi connectivity index (χ0) is 17.8. The third-order valence-corrected chi connectivity index (χ3v) is 3.21. The number of ether oxygens (including phenoxy) is 2. The van der Waals surface area contributed by atoms with Gasteiger partial charge in [-0.3, -0.25) is 14.9 Å². The van der Waals surface area contributed by atoms with Crippen molar-refractivity contribution in [3.8, 4) is 0 Å². The standard InChI is InChI=1S/C14H17BrN2O6/c1-14(2,3)23-10(18)7-16-11-9(15)6-5-8(13(19)22-4)12(11)17(20)21/h5-6,16H,7H2,1-4H3. The molecular weight excluding hydrogens is 372 g/mol. The average molecular weight is 389 g/mol. The molecule has 0 aliphatic rings. The molecule has 0 saturated heterocycles. The van der Waals surface area contributed by atoms with Crippen LogP contribution in [0, 0.1) is 10.1 Å². The first-order chi connectivity index (χ1) is 10.6. The molecule has 0 heterocycles. The second-order valence-electron chi connectivity index (χ2n) is 5.51. The number of anilines is 1. The number of rotatable bonds is 5. The lowest BCUT2D eigenvalue weighted by atomic mass is 10.1. The third kappa shape index (κ3) is 5.20. The van der Waals surface area contributed by atoms with Crippen LogP contribution in [-0.4, -0.2) is 36.1 Å². The number of nitrogens with zero attached hydrogens (tertiary/aromatic N) is 1. The van der Waals surface area contributed by atoms with Gasteiger partial charge in [0.2, 0.25) is 0 Å². The highest BCUT2D eigenvalue weighted by Crippen LogP contribution is 2.36. The number of carbonyl (C=O) groups excluding carboxylic acids is 2. The first kappa shape index (κ1) is 18.9. The molecule has 0 aliphatic heterocycles. The lowest BCUT2D eigenvalue weighted by molar-refractivity contribution is -0.384. The van der Waals surface area contributed by atoms with E-state index in [1.807, 2.05) is 0 Å². The maximum atomic E-state index is 11.7. The van der Waals surface area contributed by atoms with Crippen molar-refractivity contribution in [3.05, 3.63) is 32.3 Å². The lowest BCUT2D eigenvalue weighted by Crippen LogP contribution is -2.28. The normalized spacial score (nSPS) is 10.8. The number of nitro benzene ring substituents is 1. The van der Waals surface area contributed by atoms with Gasteiger partial charge >= 0.3 is 17.6 Å². The van der Waals surface area contributed by atoms with Crippen LogP contribution in [0.1, 0.15) is 31.1 Å². The smallest absolute Gasteiger partial charge is 0.344 e. The zero-order valence-corrected chi connectivity index (χ0v) is 14.7. The highest BCUT2D eigenvalue weighted by molar-refractivity contribution is 9.10. The van der Waals surface area contributed by atoms with E-state index >= 15 is 0 Å². The molecule has 0 saturated carbocycles. The molecule has 1 N–H and O–H groups in total. The topological polar surface area (TPSA) is 108 Å². The van der Waals surface area contributed by atoms with Crippen LogP contribution >= 0.6 is 15.9 Å². The number of carbonyl (C=O) groups is 2. The summed E-state index contributed by atoms with van der Waals surface area (Å²) in [4.78, 5) is 34.0.